The molecule has 24 heavy (non-hydrogen) atoms. The zero-order chi connectivity index (χ0) is 17.3. The van der Waals surface area contributed by atoms with Crippen LogP contribution in [0.25, 0.3) is 5.69 Å². The van der Waals surface area contributed by atoms with Gasteiger partial charge in [0.25, 0.3) is 5.91 Å². The molecule has 2 aromatic rings. The van der Waals surface area contributed by atoms with Gasteiger partial charge in [0.05, 0.1) is 5.69 Å². The quantitative estimate of drug-likeness (QED) is 0.875. The molecule has 0 saturated heterocycles. The van der Waals surface area contributed by atoms with Crippen molar-refractivity contribution in [1.29, 1.82) is 0 Å². The summed E-state index contributed by atoms with van der Waals surface area (Å²) in [4.78, 5) is 23.6. The number of rotatable bonds is 5. The Morgan fingerprint density at radius 1 is 1.33 bits per heavy atom. The van der Waals surface area contributed by atoms with E-state index in [2.05, 4.69) is 10.4 Å². The highest BCUT2D eigenvalue weighted by Crippen LogP contribution is 2.28. The van der Waals surface area contributed by atoms with Crippen molar-refractivity contribution < 1.29 is 9.59 Å². The molecule has 1 aromatic heterocycles. The number of fused-ring (bicyclic) bond motifs is 1. The molecule has 1 heterocycles. The fraction of sp³-hybridized carbons (Fsp3) is 0.389. The predicted octanol–water partition coefficient (Wildman–Crippen LogP) is 1.66. The number of nitrogens with two attached hydrogens (primary N) is 1. The van der Waals surface area contributed by atoms with E-state index in [1.54, 1.807) is 6.92 Å². The van der Waals surface area contributed by atoms with Crippen LogP contribution in [0.5, 0.6) is 0 Å². The Labute approximate surface area is 141 Å². The molecule has 1 atom stereocenters. The number of aromatic nitrogens is 2. The van der Waals surface area contributed by atoms with Crippen molar-refractivity contribution in [2.75, 3.05) is 0 Å². The molecule has 1 aromatic carbocycles. The molecule has 6 nitrogen and oxygen atoms in total. The fourth-order valence-electron chi connectivity index (χ4n) is 3.27. The number of nitrogens with zero attached hydrogens (tertiary/aromatic N) is 2. The van der Waals surface area contributed by atoms with Crippen LogP contribution in [0.2, 0.25) is 0 Å². The van der Waals surface area contributed by atoms with Gasteiger partial charge in [-0.2, -0.15) is 5.10 Å². The van der Waals surface area contributed by atoms with E-state index in [4.69, 9.17) is 5.73 Å². The molecule has 0 radical (unpaired) electrons. The molecule has 0 unspecified atom stereocenters. The van der Waals surface area contributed by atoms with Crippen LogP contribution in [0.3, 0.4) is 0 Å². The van der Waals surface area contributed by atoms with E-state index in [1.165, 1.54) is 0 Å². The van der Waals surface area contributed by atoms with Gasteiger partial charge in [-0.1, -0.05) is 18.2 Å². The molecular formula is C18H22N4O2. The number of carbonyl (C=O) groups excluding carboxylic acids is 2. The van der Waals surface area contributed by atoms with Crippen molar-refractivity contribution in [3.05, 3.63) is 46.8 Å². The zero-order valence-corrected chi connectivity index (χ0v) is 14.0. The van der Waals surface area contributed by atoms with Crippen molar-refractivity contribution in [3.8, 4) is 5.69 Å². The third-order valence-electron chi connectivity index (χ3n) is 4.37. The van der Waals surface area contributed by atoms with Crippen LogP contribution >= 0.6 is 0 Å². The van der Waals surface area contributed by atoms with Gasteiger partial charge in [0.1, 0.15) is 0 Å². The lowest BCUT2D eigenvalue weighted by atomic mass is 10.1. The van der Waals surface area contributed by atoms with E-state index in [0.717, 1.165) is 41.8 Å². The number of primary amides is 1. The predicted molar refractivity (Wildman–Crippen MR) is 91.1 cm³/mol. The molecule has 1 aliphatic carbocycles. The van der Waals surface area contributed by atoms with Gasteiger partial charge < -0.3 is 11.1 Å². The van der Waals surface area contributed by atoms with Crippen LogP contribution in [0.15, 0.2) is 24.3 Å². The summed E-state index contributed by atoms with van der Waals surface area (Å²) in [6.45, 7) is 3.80. The van der Waals surface area contributed by atoms with Crippen LogP contribution in [0.1, 0.15) is 47.1 Å². The van der Waals surface area contributed by atoms with Gasteiger partial charge in [0, 0.05) is 23.7 Å². The van der Waals surface area contributed by atoms with Crippen molar-refractivity contribution in [1.82, 2.24) is 15.1 Å². The number of nitrogens with one attached hydrogen (secondary N) is 1. The van der Waals surface area contributed by atoms with Gasteiger partial charge in [0.2, 0.25) is 5.91 Å². The average molecular weight is 326 g/mol. The van der Waals surface area contributed by atoms with Crippen LogP contribution in [0, 0.1) is 6.92 Å². The molecular weight excluding hydrogens is 304 g/mol. The molecule has 0 aliphatic heterocycles. The van der Waals surface area contributed by atoms with Gasteiger partial charge in [-0.15, -0.1) is 0 Å². The maximum Gasteiger partial charge on any atom is 0.272 e. The van der Waals surface area contributed by atoms with Crippen molar-refractivity contribution in [2.24, 2.45) is 5.73 Å². The Bertz CT molecular complexity index is 794. The first-order chi connectivity index (χ1) is 11.5. The van der Waals surface area contributed by atoms with Gasteiger partial charge in [-0.05, 0) is 44.7 Å². The first-order valence-corrected chi connectivity index (χ1v) is 8.23. The fourth-order valence-corrected chi connectivity index (χ4v) is 3.27. The maximum absolute atomic E-state index is 12.6. The van der Waals surface area contributed by atoms with E-state index >= 15 is 0 Å². The summed E-state index contributed by atoms with van der Waals surface area (Å²) in [5.74, 6) is -0.673. The number of hydrogen-bond acceptors (Lipinski definition) is 3. The molecule has 1 aliphatic rings. The average Bonchev–Trinajstić information content (AvgIpc) is 3.08. The lowest BCUT2D eigenvalue weighted by molar-refractivity contribution is -0.118. The largest absolute Gasteiger partial charge is 0.370 e. The van der Waals surface area contributed by atoms with E-state index in [0.29, 0.717) is 5.69 Å². The van der Waals surface area contributed by atoms with E-state index in [9.17, 15) is 9.59 Å². The van der Waals surface area contributed by atoms with E-state index in [-0.39, 0.29) is 18.4 Å². The summed E-state index contributed by atoms with van der Waals surface area (Å²) in [6.07, 6.45) is 2.91. The van der Waals surface area contributed by atoms with Crippen molar-refractivity contribution in [2.45, 2.75) is 45.6 Å². The summed E-state index contributed by atoms with van der Waals surface area (Å²) in [7, 11) is 0. The number of para-hydroxylation sites is 1. The molecule has 6 heteroatoms. The number of hydrogen-bond donors (Lipinski definition) is 2. The van der Waals surface area contributed by atoms with Gasteiger partial charge in [-0.3, -0.25) is 9.59 Å². The Morgan fingerprint density at radius 2 is 2.08 bits per heavy atom. The Balaban J connectivity index is 1.93. The Morgan fingerprint density at radius 3 is 2.79 bits per heavy atom. The summed E-state index contributed by atoms with van der Waals surface area (Å²) in [5, 5.41) is 7.40. The smallest absolute Gasteiger partial charge is 0.272 e. The van der Waals surface area contributed by atoms with Crippen LogP contribution in [0.4, 0.5) is 0 Å². The number of benzene rings is 1. The third-order valence-corrected chi connectivity index (χ3v) is 4.37. The molecule has 0 fully saturated rings. The first kappa shape index (κ1) is 16.2. The monoisotopic (exact) mass is 326 g/mol. The summed E-state index contributed by atoms with van der Waals surface area (Å²) < 4.78 is 1.89. The van der Waals surface area contributed by atoms with Crippen molar-refractivity contribution >= 4 is 11.8 Å². The van der Waals surface area contributed by atoms with E-state index in [1.807, 2.05) is 35.9 Å². The molecule has 0 spiro atoms. The summed E-state index contributed by atoms with van der Waals surface area (Å²) in [5.41, 5.74) is 9.88. The summed E-state index contributed by atoms with van der Waals surface area (Å²) >= 11 is 0. The second-order valence-electron chi connectivity index (χ2n) is 6.37. The van der Waals surface area contributed by atoms with Gasteiger partial charge in [0.15, 0.2) is 5.69 Å². The van der Waals surface area contributed by atoms with Crippen molar-refractivity contribution in [3.63, 3.8) is 0 Å². The lowest BCUT2D eigenvalue weighted by Crippen LogP contribution is -2.36. The topological polar surface area (TPSA) is 90.0 Å². The highest BCUT2D eigenvalue weighted by molar-refractivity contribution is 5.94. The van der Waals surface area contributed by atoms with Gasteiger partial charge >= 0.3 is 0 Å². The van der Waals surface area contributed by atoms with Crippen LogP contribution < -0.4 is 11.1 Å². The normalized spacial score (nSPS) is 14.2. The molecule has 126 valence electrons. The minimum absolute atomic E-state index is 0.117. The number of carbonyl (C=O) groups is 2. The lowest BCUT2D eigenvalue weighted by Gasteiger charge is -2.11. The SMILES string of the molecule is Cc1ccccc1-n1nc(C(=O)N[C@@H](C)CC(N)=O)c2c1CCC2. The van der Waals surface area contributed by atoms with E-state index < -0.39 is 5.91 Å². The molecule has 0 saturated carbocycles. The molecule has 3 N–H and O–H groups in total. The number of amides is 2. The van der Waals surface area contributed by atoms with Crippen LogP contribution in [-0.2, 0) is 17.6 Å². The Hall–Kier alpha value is -2.63. The second-order valence-corrected chi connectivity index (χ2v) is 6.37. The third kappa shape index (κ3) is 3.04. The van der Waals surface area contributed by atoms with Gasteiger partial charge in [-0.25, -0.2) is 4.68 Å². The zero-order valence-electron chi connectivity index (χ0n) is 14.0. The second kappa shape index (κ2) is 6.47. The number of aryl methyl sites for hydroxylation is 1. The molecule has 3 rings (SSSR count). The minimum atomic E-state index is -0.432. The first-order valence-electron chi connectivity index (χ1n) is 8.23. The highest BCUT2D eigenvalue weighted by atomic mass is 16.2. The Kier molecular flexibility index (Phi) is 4.38. The highest BCUT2D eigenvalue weighted by Gasteiger charge is 2.27. The maximum atomic E-state index is 12.6. The summed E-state index contributed by atoms with van der Waals surface area (Å²) in [6, 6.07) is 7.70. The minimum Gasteiger partial charge on any atom is -0.370 e. The van der Waals surface area contributed by atoms with Crippen LogP contribution in [-0.4, -0.2) is 27.6 Å². The molecule has 0 bridgehead atoms. The standard InChI is InChI=1S/C18H22N4O2/c1-11-6-3-4-8-14(11)22-15-9-5-7-13(15)17(21-22)18(24)20-12(2)10-16(19)23/h3-4,6,8,12H,5,7,9-10H2,1-2H3,(H2,19,23)(H,20,24)/t12-/m0/s1. The molecule has 2 amide bonds.